The van der Waals surface area contributed by atoms with Gasteiger partial charge in [0.2, 0.25) is 0 Å². The number of nitrogens with zero attached hydrogens (tertiary/aromatic N) is 3. The lowest BCUT2D eigenvalue weighted by atomic mass is 10.1. The molecule has 2 aromatic rings. The maximum atomic E-state index is 4.51. The molecule has 0 aromatic carbocycles. The van der Waals surface area contributed by atoms with Gasteiger partial charge in [0.25, 0.3) is 0 Å². The average molecular weight is 321 g/mol. The van der Waals surface area contributed by atoms with Gasteiger partial charge in [-0.15, -0.1) is 0 Å². The van der Waals surface area contributed by atoms with Crippen molar-refractivity contribution in [2.45, 2.75) is 33.2 Å². The monoisotopic (exact) mass is 320 g/mol. The number of hydrogen-bond donors (Lipinski definition) is 1. The van der Waals surface area contributed by atoms with Crippen LogP contribution in [0.3, 0.4) is 0 Å². The van der Waals surface area contributed by atoms with E-state index >= 15 is 0 Å². The first-order chi connectivity index (χ1) is 9.06. The van der Waals surface area contributed by atoms with Gasteiger partial charge >= 0.3 is 0 Å². The molecule has 100 valence electrons. The van der Waals surface area contributed by atoms with Crippen LogP contribution in [0.1, 0.15) is 36.7 Å². The summed E-state index contributed by atoms with van der Waals surface area (Å²) in [4.78, 5) is 13.0. The van der Waals surface area contributed by atoms with Gasteiger partial charge in [-0.1, -0.05) is 13.8 Å². The van der Waals surface area contributed by atoms with Crippen molar-refractivity contribution in [3.8, 4) is 0 Å². The fourth-order valence-corrected chi connectivity index (χ4v) is 2.07. The van der Waals surface area contributed by atoms with Crippen LogP contribution in [0.25, 0.3) is 0 Å². The van der Waals surface area contributed by atoms with Crippen LogP contribution in [0.2, 0.25) is 0 Å². The van der Waals surface area contributed by atoms with E-state index < -0.39 is 0 Å². The molecule has 0 saturated heterocycles. The molecule has 0 amide bonds. The molecule has 5 heteroatoms. The van der Waals surface area contributed by atoms with Crippen molar-refractivity contribution in [3.63, 3.8) is 0 Å². The number of rotatable bonds is 4. The lowest BCUT2D eigenvalue weighted by Crippen LogP contribution is -2.06. The van der Waals surface area contributed by atoms with E-state index in [9.17, 15) is 0 Å². The van der Waals surface area contributed by atoms with Crippen molar-refractivity contribution in [2.75, 3.05) is 5.32 Å². The quantitative estimate of drug-likeness (QED) is 0.873. The lowest BCUT2D eigenvalue weighted by Gasteiger charge is -2.10. The zero-order valence-corrected chi connectivity index (χ0v) is 12.9. The number of nitrogens with one attached hydrogen (secondary N) is 1. The minimum absolute atomic E-state index is 0.306. The highest BCUT2D eigenvalue weighted by Crippen LogP contribution is 2.18. The predicted molar refractivity (Wildman–Crippen MR) is 80.1 cm³/mol. The molecule has 0 aliphatic carbocycles. The smallest absolute Gasteiger partial charge is 0.134 e. The molecule has 2 heterocycles. The van der Waals surface area contributed by atoms with Crippen LogP contribution in [-0.2, 0) is 6.54 Å². The Morgan fingerprint density at radius 1 is 1.32 bits per heavy atom. The summed E-state index contributed by atoms with van der Waals surface area (Å²) in [5.74, 6) is 1.98. The second kappa shape index (κ2) is 6.10. The van der Waals surface area contributed by atoms with Gasteiger partial charge in [0, 0.05) is 30.9 Å². The second-order valence-electron chi connectivity index (χ2n) is 4.74. The average Bonchev–Trinajstić information content (AvgIpc) is 2.37. The first-order valence-corrected chi connectivity index (χ1v) is 7.03. The number of anilines is 1. The van der Waals surface area contributed by atoms with Crippen LogP contribution in [-0.4, -0.2) is 15.0 Å². The van der Waals surface area contributed by atoms with Crippen molar-refractivity contribution in [1.82, 2.24) is 15.0 Å². The zero-order valence-electron chi connectivity index (χ0n) is 11.3. The lowest BCUT2D eigenvalue weighted by molar-refractivity contribution is 0.769. The van der Waals surface area contributed by atoms with Gasteiger partial charge in [-0.2, -0.15) is 0 Å². The third-order valence-corrected chi connectivity index (χ3v) is 3.23. The third kappa shape index (κ3) is 3.73. The van der Waals surface area contributed by atoms with E-state index in [0.717, 1.165) is 22.8 Å². The van der Waals surface area contributed by atoms with E-state index in [-0.39, 0.29) is 0 Å². The summed E-state index contributed by atoms with van der Waals surface area (Å²) in [6.45, 7) is 6.95. The molecule has 0 bridgehead atoms. The second-order valence-corrected chi connectivity index (χ2v) is 5.56. The van der Waals surface area contributed by atoms with Gasteiger partial charge in [-0.3, -0.25) is 4.98 Å². The first kappa shape index (κ1) is 13.9. The molecule has 0 fully saturated rings. The molecule has 4 nitrogen and oxygen atoms in total. The standard InChI is InChI=1S/C14H17BrN4/c1-9(2)14-18-12(15)6-13(19-14)17-8-11-4-5-16-7-10(11)3/h4-7,9H,8H2,1-3H3,(H,17,18,19). The summed E-state index contributed by atoms with van der Waals surface area (Å²) >= 11 is 3.42. The van der Waals surface area contributed by atoms with E-state index in [4.69, 9.17) is 0 Å². The normalized spacial score (nSPS) is 10.8. The summed E-state index contributed by atoms with van der Waals surface area (Å²) in [7, 11) is 0. The van der Waals surface area contributed by atoms with E-state index in [1.807, 2.05) is 18.3 Å². The van der Waals surface area contributed by atoms with Gasteiger partial charge in [0.05, 0.1) is 0 Å². The van der Waals surface area contributed by atoms with Gasteiger partial charge in [-0.25, -0.2) is 9.97 Å². The van der Waals surface area contributed by atoms with Crippen LogP contribution in [0.4, 0.5) is 5.82 Å². The number of halogens is 1. The molecule has 0 radical (unpaired) electrons. The van der Waals surface area contributed by atoms with Crippen molar-refractivity contribution in [3.05, 3.63) is 46.1 Å². The van der Waals surface area contributed by atoms with Crippen LogP contribution in [0, 0.1) is 6.92 Å². The van der Waals surface area contributed by atoms with Crippen molar-refractivity contribution in [2.24, 2.45) is 0 Å². The maximum Gasteiger partial charge on any atom is 0.134 e. The summed E-state index contributed by atoms with van der Waals surface area (Å²) in [5, 5.41) is 3.33. The number of hydrogen-bond acceptors (Lipinski definition) is 4. The van der Waals surface area contributed by atoms with Crippen LogP contribution in [0.15, 0.2) is 29.1 Å². The third-order valence-electron chi connectivity index (χ3n) is 2.83. The fraction of sp³-hybridized carbons (Fsp3) is 0.357. The van der Waals surface area contributed by atoms with Crippen molar-refractivity contribution < 1.29 is 0 Å². The van der Waals surface area contributed by atoms with Crippen molar-refractivity contribution in [1.29, 1.82) is 0 Å². The van der Waals surface area contributed by atoms with E-state index in [0.29, 0.717) is 5.92 Å². The van der Waals surface area contributed by atoms with E-state index in [2.05, 4.69) is 57.0 Å². The van der Waals surface area contributed by atoms with Crippen LogP contribution < -0.4 is 5.32 Å². The van der Waals surface area contributed by atoms with Gasteiger partial charge < -0.3 is 5.32 Å². The Morgan fingerprint density at radius 2 is 2.11 bits per heavy atom. The Balaban J connectivity index is 2.14. The highest BCUT2D eigenvalue weighted by molar-refractivity contribution is 9.10. The Labute approximate surface area is 121 Å². The molecule has 19 heavy (non-hydrogen) atoms. The minimum atomic E-state index is 0.306. The highest BCUT2D eigenvalue weighted by atomic mass is 79.9. The molecular formula is C14H17BrN4. The van der Waals surface area contributed by atoms with Gasteiger partial charge in [-0.05, 0) is 40.0 Å². The Hall–Kier alpha value is -1.49. The molecule has 0 aliphatic rings. The molecule has 0 spiro atoms. The molecule has 0 aliphatic heterocycles. The SMILES string of the molecule is Cc1cnccc1CNc1cc(Br)nc(C(C)C)n1. The molecule has 2 rings (SSSR count). The molecule has 1 N–H and O–H groups in total. The largest absolute Gasteiger partial charge is 0.366 e. The summed E-state index contributed by atoms with van der Waals surface area (Å²) in [6, 6.07) is 3.91. The van der Waals surface area contributed by atoms with Gasteiger partial charge in [0.1, 0.15) is 16.2 Å². The molecule has 0 unspecified atom stereocenters. The van der Waals surface area contributed by atoms with Crippen molar-refractivity contribution >= 4 is 21.7 Å². The molecule has 2 aromatic heterocycles. The number of aryl methyl sites for hydroxylation is 1. The number of aromatic nitrogens is 3. The minimum Gasteiger partial charge on any atom is -0.366 e. The summed E-state index contributed by atoms with van der Waals surface area (Å²) < 4.78 is 0.806. The van der Waals surface area contributed by atoms with Crippen LogP contribution in [0.5, 0.6) is 0 Å². The Bertz CT molecular complexity index is 569. The molecular weight excluding hydrogens is 304 g/mol. The topological polar surface area (TPSA) is 50.7 Å². The zero-order chi connectivity index (χ0) is 13.8. The number of pyridine rings is 1. The van der Waals surface area contributed by atoms with E-state index in [1.54, 1.807) is 6.20 Å². The summed E-state index contributed by atoms with van der Waals surface area (Å²) in [6.07, 6.45) is 3.67. The molecule has 0 saturated carbocycles. The maximum absolute atomic E-state index is 4.51. The molecule has 0 atom stereocenters. The first-order valence-electron chi connectivity index (χ1n) is 6.24. The Kier molecular flexibility index (Phi) is 4.47. The van der Waals surface area contributed by atoms with Crippen LogP contribution >= 0.6 is 15.9 Å². The highest BCUT2D eigenvalue weighted by Gasteiger charge is 2.07. The summed E-state index contributed by atoms with van der Waals surface area (Å²) in [5.41, 5.74) is 2.39. The fourth-order valence-electron chi connectivity index (χ4n) is 1.67. The Morgan fingerprint density at radius 3 is 2.79 bits per heavy atom. The predicted octanol–water partition coefficient (Wildman–Crippen LogP) is 3.68. The van der Waals surface area contributed by atoms with Gasteiger partial charge in [0.15, 0.2) is 0 Å². The van der Waals surface area contributed by atoms with E-state index in [1.165, 1.54) is 11.1 Å².